The van der Waals surface area contributed by atoms with Crippen LogP contribution < -0.4 is 4.68 Å². The smallest absolute Gasteiger partial charge is 0.198 e. The largest absolute Gasteiger partial charge is 0.393 e. The van der Waals surface area contributed by atoms with Crippen LogP contribution in [-0.2, 0) is 18.3 Å². The molecule has 1 aromatic rings. The highest BCUT2D eigenvalue weighted by molar-refractivity contribution is 5.88. The van der Waals surface area contributed by atoms with Crippen molar-refractivity contribution < 1.29 is 19.7 Å². The third-order valence-corrected chi connectivity index (χ3v) is 9.79. The minimum Gasteiger partial charge on any atom is -0.393 e. The zero-order valence-corrected chi connectivity index (χ0v) is 19.0. The van der Waals surface area contributed by atoms with E-state index in [-0.39, 0.29) is 23.0 Å². The molecule has 5 rings (SSSR count). The minimum atomic E-state index is -1.28. The Bertz CT molecular complexity index is 935. The molecule has 5 heteroatoms. The Hall–Kier alpha value is -1.46. The molecule has 0 bridgehead atoms. The lowest BCUT2D eigenvalue weighted by Gasteiger charge is -2.61. The van der Waals surface area contributed by atoms with Crippen molar-refractivity contribution in [3.8, 4) is 0 Å². The molecule has 3 N–H and O–H groups in total. The van der Waals surface area contributed by atoms with Crippen LogP contribution in [0.5, 0.6) is 0 Å². The Labute approximate surface area is 179 Å². The summed E-state index contributed by atoms with van der Waals surface area (Å²) in [5, 5.41) is 26.6. The Morgan fingerprint density at radius 3 is 2.80 bits per heavy atom. The molecule has 1 heterocycles. The number of Topliss-reactive ketones (excluding diaryl/α,β-unsaturated/α-hetero) is 1. The van der Waals surface area contributed by atoms with Crippen molar-refractivity contribution in [1.29, 1.82) is 0 Å². The molecule has 164 valence electrons. The van der Waals surface area contributed by atoms with Gasteiger partial charge < -0.3 is 10.2 Å². The molecule has 3 saturated carbocycles. The first kappa shape index (κ1) is 20.4. The molecule has 4 aliphatic carbocycles. The van der Waals surface area contributed by atoms with E-state index in [9.17, 15) is 15.0 Å². The van der Waals surface area contributed by atoms with Gasteiger partial charge in [-0.2, -0.15) is 5.10 Å². The van der Waals surface area contributed by atoms with Crippen LogP contribution in [0, 0.1) is 34.5 Å². The van der Waals surface area contributed by atoms with Crippen LogP contribution in [0.25, 0.3) is 6.08 Å². The van der Waals surface area contributed by atoms with Crippen molar-refractivity contribution >= 4 is 11.9 Å². The zero-order chi connectivity index (χ0) is 21.6. The summed E-state index contributed by atoms with van der Waals surface area (Å²) in [6.07, 6.45) is 8.30. The van der Waals surface area contributed by atoms with Crippen LogP contribution in [0.1, 0.15) is 71.1 Å². The average molecular weight is 414 g/mol. The average Bonchev–Trinajstić information content (AvgIpc) is 3.15. The number of aliphatic hydroxyl groups excluding tert-OH is 1. The normalized spacial score (nSPS) is 47.0. The Morgan fingerprint density at radius 1 is 1.37 bits per heavy atom. The number of aryl methyl sites for hydroxylation is 1. The van der Waals surface area contributed by atoms with Gasteiger partial charge in [0, 0.05) is 17.4 Å². The van der Waals surface area contributed by atoms with E-state index in [4.69, 9.17) is 0 Å². The molecule has 3 fully saturated rings. The molecule has 5 nitrogen and oxygen atoms in total. The number of hydrogen-bond donors (Lipinski definition) is 3. The van der Waals surface area contributed by atoms with E-state index in [0.29, 0.717) is 31.1 Å². The highest BCUT2D eigenvalue weighted by Crippen LogP contribution is 2.68. The lowest BCUT2D eigenvalue weighted by Crippen LogP contribution is -2.62. The minimum absolute atomic E-state index is 0.0454. The van der Waals surface area contributed by atoms with Crippen LogP contribution in [0.15, 0.2) is 11.8 Å². The maximum atomic E-state index is 12.8. The number of aliphatic hydroxyl groups is 2. The van der Waals surface area contributed by atoms with Crippen LogP contribution in [0.3, 0.4) is 0 Å². The fraction of sp³-hybridized carbons (Fsp3) is 0.760. The molecule has 0 aliphatic heterocycles. The van der Waals surface area contributed by atoms with Gasteiger partial charge in [-0.25, -0.2) is 0 Å². The SMILES string of the molecule is CCC(=O)[C@@]1(O)CC[C@H]2[C@@H]3C[C@H](C)C4=Cc5[nH][n+](C)cc5C[C@]4(C)[C@H]3[C@@H](O)C[C@@]21C. The number of carbonyl (C=O) groups excluding carboxylic acids is 1. The van der Waals surface area contributed by atoms with Crippen molar-refractivity contribution in [1.82, 2.24) is 5.10 Å². The Kier molecular flexibility index (Phi) is 4.29. The fourth-order valence-electron chi connectivity index (χ4n) is 8.57. The number of rotatable bonds is 2. The summed E-state index contributed by atoms with van der Waals surface area (Å²) in [6.45, 7) is 8.61. The van der Waals surface area contributed by atoms with Gasteiger partial charge in [0.05, 0.1) is 6.10 Å². The summed E-state index contributed by atoms with van der Waals surface area (Å²) in [4.78, 5) is 12.8. The second-order valence-electron chi connectivity index (χ2n) is 11.3. The molecule has 0 spiro atoms. The molecule has 8 atom stereocenters. The number of aromatic amines is 1. The first-order chi connectivity index (χ1) is 14.0. The van der Waals surface area contributed by atoms with Crippen LogP contribution in [0.4, 0.5) is 0 Å². The topological polar surface area (TPSA) is 77.2 Å². The number of allylic oxidation sites excluding steroid dienone is 1. The number of aromatic nitrogens is 2. The quantitative estimate of drug-likeness (QED) is 0.653. The van der Waals surface area contributed by atoms with E-state index in [0.717, 1.165) is 19.3 Å². The van der Waals surface area contributed by atoms with Gasteiger partial charge in [0.2, 0.25) is 0 Å². The van der Waals surface area contributed by atoms with Gasteiger partial charge in [-0.05, 0) is 67.3 Å². The molecule has 0 amide bonds. The highest BCUT2D eigenvalue weighted by Gasteiger charge is 2.68. The number of hydrogen-bond acceptors (Lipinski definition) is 3. The van der Waals surface area contributed by atoms with Crippen LogP contribution >= 0.6 is 0 Å². The van der Waals surface area contributed by atoms with Crippen molar-refractivity contribution in [2.45, 2.75) is 77.9 Å². The first-order valence-corrected chi connectivity index (χ1v) is 11.8. The highest BCUT2D eigenvalue weighted by atomic mass is 16.3. The maximum absolute atomic E-state index is 12.8. The number of nitrogens with one attached hydrogen (secondary N) is 1. The van der Waals surface area contributed by atoms with E-state index in [1.54, 1.807) is 0 Å². The standard InChI is InChI=1S/C25H36N2O3/c1-6-21(29)25(30)8-7-17-16-9-14(2)18-10-19-15(13-27(5)26-19)11-23(18,3)22(16)20(28)12-24(17,25)4/h10,13-14,16-17,20,22,28,30H,6-9,11-12H2,1-5H3/p+1/t14-,16-,17-,20-,22+,23-,24-,25-/m0/s1. The first-order valence-electron chi connectivity index (χ1n) is 11.8. The maximum Gasteiger partial charge on any atom is 0.198 e. The van der Waals surface area contributed by atoms with E-state index >= 15 is 0 Å². The number of nitrogens with zero attached hydrogens (tertiary/aromatic N) is 1. The predicted molar refractivity (Wildman–Crippen MR) is 114 cm³/mol. The molecule has 0 saturated heterocycles. The summed E-state index contributed by atoms with van der Waals surface area (Å²) < 4.78 is 2.02. The molecule has 0 aromatic carbocycles. The summed E-state index contributed by atoms with van der Waals surface area (Å²) in [7, 11) is 2.03. The van der Waals surface area contributed by atoms with Crippen LogP contribution in [0.2, 0.25) is 0 Å². The molecule has 1 aromatic heterocycles. The third-order valence-electron chi connectivity index (χ3n) is 9.79. The lowest BCUT2D eigenvalue weighted by atomic mass is 9.44. The van der Waals surface area contributed by atoms with Gasteiger partial charge in [0.1, 0.15) is 11.3 Å². The van der Waals surface area contributed by atoms with Crippen molar-refractivity contribution in [2.75, 3.05) is 0 Å². The summed E-state index contributed by atoms with van der Waals surface area (Å²) in [6, 6.07) is 0. The molecule has 4 aliphatic rings. The lowest BCUT2D eigenvalue weighted by molar-refractivity contribution is -0.727. The fourth-order valence-corrected chi connectivity index (χ4v) is 8.57. The molecule has 0 radical (unpaired) electrons. The summed E-state index contributed by atoms with van der Waals surface area (Å²) >= 11 is 0. The second kappa shape index (κ2) is 6.29. The van der Waals surface area contributed by atoms with Crippen LogP contribution in [-0.4, -0.2) is 32.8 Å². The van der Waals surface area contributed by atoms with Gasteiger partial charge in [-0.15, -0.1) is 4.68 Å². The van der Waals surface area contributed by atoms with Gasteiger partial charge in [-0.3, -0.25) is 4.79 Å². The zero-order valence-electron chi connectivity index (χ0n) is 19.0. The Morgan fingerprint density at radius 2 is 2.10 bits per heavy atom. The molecule has 0 unspecified atom stereocenters. The van der Waals surface area contributed by atoms with E-state index < -0.39 is 17.1 Å². The van der Waals surface area contributed by atoms with Gasteiger partial charge in [-0.1, -0.05) is 33.3 Å². The summed E-state index contributed by atoms with van der Waals surface area (Å²) in [5.41, 5.74) is 2.08. The number of ketones is 1. The third kappa shape index (κ3) is 2.37. The Balaban J connectivity index is 1.58. The number of H-pyrrole nitrogens is 1. The number of carbonyl (C=O) groups is 1. The molecular weight excluding hydrogens is 376 g/mol. The molecular formula is C25H37N2O3+. The predicted octanol–water partition coefficient (Wildman–Crippen LogP) is 2.95. The van der Waals surface area contributed by atoms with Gasteiger partial charge in [0.15, 0.2) is 19.0 Å². The molecule has 30 heavy (non-hydrogen) atoms. The summed E-state index contributed by atoms with van der Waals surface area (Å²) in [5.74, 6) is 1.18. The van der Waals surface area contributed by atoms with Crippen molar-refractivity contribution in [3.05, 3.63) is 23.0 Å². The van der Waals surface area contributed by atoms with Crippen molar-refractivity contribution in [3.63, 3.8) is 0 Å². The number of fused-ring (bicyclic) bond motifs is 6. The van der Waals surface area contributed by atoms with Crippen molar-refractivity contribution in [2.24, 2.45) is 41.5 Å². The van der Waals surface area contributed by atoms with E-state index in [1.165, 1.54) is 16.8 Å². The van der Waals surface area contributed by atoms with E-state index in [1.807, 2.05) is 18.7 Å². The van der Waals surface area contributed by atoms with Gasteiger partial charge in [0.25, 0.3) is 0 Å². The van der Waals surface area contributed by atoms with E-state index in [2.05, 4.69) is 38.1 Å². The second-order valence-corrected chi connectivity index (χ2v) is 11.3. The monoisotopic (exact) mass is 413 g/mol. The van der Waals surface area contributed by atoms with Gasteiger partial charge >= 0.3 is 0 Å².